The van der Waals surface area contributed by atoms with E-state index in [1.165, 1.54) is 116 Å². The number of urea groups is 1. The Balaban J connectivity index is 0.000000138. The Hall–Kier alpha value is -15.7. The van der Waals surface area contributed by atoms with Crippen LogP contribution >= 0.6 is 0 Å². The summed E-state index contributed by atoms with van der Waals surface area (Å²) in [5.41, 5.74) is 15.5. The number of nitrogens with one attached hydrogen (secondary N) is 10. The SMILES string of the molecule is CC(C)S(=O)(=O)c1ccc(NC(=O)c2n[nH]c3ccc(-c4cncc(CN5CCCC5)c4)cc23)cn1.CC(C)S(=O)(=O)c1ccc(NC(=O)c2n[nH]c3ccc(-c4cncc(CN5CCCCC5)c4)cc23)cn1.CC(C)S(=O)(=O)c1ccc(NC(=O)c2n[nH]c3ccc(-c4cncc(NC(=O)C5CC5)c4)cc23)cn1.CC(C)S(=O)(=O)c1ccc(NC(=O)c2n[nH]c3ccc(-c4cncc(NC(=O)N(C)C)c4)cc23)cn1. The van der Waals surface area contributed by atoms with Crippen molar-refractivity contribution in [2.75, 3.05) is 72.2 Å². The van der Waals surface area contributed by atoms with Crippen molar-refractivity contribution in [3.63, 3.8) is 0 Å². The molecule has 3 fully saturated rings. The number of carbonyl (C=O) groups excluding carboxylic acids is 6. The first-order valence-corrected chi connectivity index (χ1v) is 53.1. The topological polar surface area (TPSA) is 539 Å². The van der Waals surface area contributed by atoms with Crippen LogP contribution in [0.25, 0.3) is 88.1 Å². The molecule has 43 heteroatoms. The molecule has 2 aliphatic heterocycles. The van der Waals surface area contributed by atoms with Gasteiger partial charge in [-0.05, 0) is 275 Å². The van der Waals surface area contributed by atoms with Gasteiger partial charge in [0.15, 0.2) is 82.2 Å². The summed E-state index contributed by atoms with van der Waals surface area (Å²) < 4.78 is 98.2. The summed E-state index contributed by atoms with van der Waals surface area (Å²) in [6, 6.07) is 41.8. The molecule has 10 N–H and O–H groups in total. The number of hydrogen-bond acceptors (Lipinski definition) is 28. The molecular weight excluding hydrogens is 1930 g/mol. The van der Waals surface area contributed by atoms with Crippen LogP contribution in [0.4, 0.5) is 38.9 Å². The number of piperidine rings is 1. The van der Waals surface area contributed by atoms with Gasteiger partial charge in [-0.2, -0.15) is 20.4 Å². The smallest absolute Gasteiger partial charge is 0.321 e. The number of sulfone groups is 4. The van der Waals surface area contributed by atoms with Crippen LogP contribution in [0, 0.1) is 5.92 Å². The molecule has 16 aromatic rings. The summed E-state index contributed by atoms with van der Waals surface area (Å²) in [5.74, 6) is -1.69. The zero-order valence-corrected chi connectivity index (χ0v) is 84.2. The molecule has 0 unspecified atom stereocenters. The van der Waals surface area contributed by atoms with Gasteiger partial charge >= 0.3 is 6.03 Å². The van der Waals surface area contributed by atoms with Gasteiger partial charge in [0.25, 0.3) is 23.6 Å². The van der Waals surface area contributed by atoms with E-state index in [0.717, 1.165) is 113 Å². The number of benzene rings is 4. The van der Waals surface area contributed by atoms with Gasteiger partial charge in [0.1, 0.15) is 0 Å². The summed E-state index contributed by atoms with van der Waals surface area (Å²) in [6.45, 7) is 19.0. The molecule has 2 saturated heterocycles. The molecule has 39 nitrogen and oxygen atoms in total. The molecular formula is C102H107N25O14S4. The van der Waals surface area contributed by atoms with Gasteiger partial charge in [0, 0.05) is 114 Å². The minimum Gasteiger partial charge on any atom is -0.331 e. The highest BCUT2D eigenvalue weighted by Crippen LogP contribution is 2.36. The highest BCUT2D eigenvalue weighted by atomic mass is 32.2. The van der Waals surface area contributed by atoms with Crippen molar-refractivity contribution < 1.29 is 62.4 Å². The Bertz CT molecular complexity index is 7800. The molecule has 748 valence electrons. The second-order valence-electron chi connectivity index (χ2n) is 36.6. The minimum absolute atomic E-state index is 0.00233. The third kappa shape index (κ3) is 24.3. The molecule has 1 aliphatic carbocycles. The number of nitrogens with zero attached hydrogens (tertiary/aromatic N) is 15. The maximum atomic E-state index is 13.0. The zero-order chi connectivity index (χ0) is 103. The van der Waals surface area contributed by atoms with Gasteiger partial charge in [-0.1, -0.05) is 30.7 Å². The molecule has 0 spiro atoms. The predicted molar refractivity (Wildman–Crippen MR) is 553 cm³/mol. The molecule has 0 radical (unpaired) electrons. The van der Waals surface area contributed by atoms with Crippen LogP contribution in [0.1, 0.15) is 153 Å². The van der Waals surface area contributed by atoms with E-state index < -0.39 is 84.0 Å². The molecule has 1 saturated carbocycles. The van der Waals surface area contributed by atoms with Crippen molar-refractivity contribution in [3.05, 3.63) is 254 Å². The molecule has 145 heavy (non-hydrogen) atoms. The maximum absolute atomic E-state index is 13.0. The van der Waals surface area contributed by atoms with Crippen LogP contribution in [0.15, 0.2) is 240 Å². The molecule has 0 atom stereocenters. The van der Waals surface area contributed by atoms with Gasteiger partial charge < -0.3 is 36.8 Å². The maximum Gasteiger partial charge on any atom is 0.321 e. The van der Waals surface area contributed by atoms with E-state index in [1.54, 1.807) is 112 Å². The molecule has 4 aromatic carbocycles. The summed E-state index contributed by atoms with van der Waals surface area (Å²) in [4.78, 5) is 116. The van der Waals surface area contributed by atoms with E-state index >= 15 is 0 Å². The van der Waals surface area contributed by atoms with Crippen LogP contribution in [-0.4, -0.2) is 226 Å². The fourth-order valence-electron chi connectivity index (χ4n) is 15.9. The third-order valence-electron chi connectivity index (χ3n) is 24.5. The standard InChI is InChI=1S/C27H30N6O3S.C26H28N6O3S.C25H24N6O4S.C24H25N7O4S/c1-18(2)37(35,36)25-9-7-22(16-29-25)30-27(34)26-23-13-20(6-8-24(23)31-32-26)21-12-19(14-28-15-21)17-33-10-4-3-5-11-33;1-17(2)36(34,35)24-8-6-21(15-28-24)29-26(33)25-22-12-19(5-7-23(22)30-31-25)20-11-18(13-27-14-20)16-32-9-3-4-10-32;1-14(2)36(34,35)22-8-6-18(13-27-22)28-25(33)23-20-10-16(5-7-21(20)30-31-23)17-9-19(12-26-11-17)29-24(32)15-3-4-15;1-14(2)36(34,35)21-8-6-17(13-26-21)27-23(32)22-19-10-15(5-7-20(19)29-30-22)16-9-18(12-25-11-16)28-24(33)31(3)4/h6-9,12-16,18H,3-5,10-11,17H2,1-2H3,(H,30,34)(H,31,32);5-8,11-15,17H,3-4,9-10,16H2,1-2H3,(H,29,33)(H,30,31);5-15H,3-4H2,1-2H3,(H,28,33)(H,29,32)(H,30,31);5-14H,1-4H3,(H,27,32)(H,28,33)(H,29,30). The van der Waals surface area contributed by atoms with Gasteiger partial charge in [-0.3, -0.25) is 74.1 Å². The lowest BCUT2D eigenvalue weighted by Crippen LogP contribution is -2.29. The number of fused-ring (bicyclic) bond motifs is 4. The number of amides is 7. The third-order valence-corrected chi connectivity index (χ3v) is 32.7. The van der Waals surface area contributed by atoms with Crippen molar-refractivity contribution in [2.24, 2.45) is 5.92 Å². The molecule has 7 amide bonds. The van der Waals surface area contributed by atoms with Gasteiger partial charge in [0.2, 0.25) is 5.91 Å². The number of pyridine rings is 8. The van der Waals surface area contributed by atoms with Crippen molar-refractivity contribution in [2.45, 2.75) is 155 Å². The fraction of sp³-hybridized carbons (Fsp3) is 0.275. The van der Waals surface area contributed by atoms with E-state index in [2.05, 4.69) is 134 Å². The fourth-order valence-corrected chi connectivity index (χ4v) is 19.6. The number of anilines is 6. The second kappa shape index (κ2) is 44.0. The number of aromatic nitrogens is 16. The van der Waals surface area contributed by atoms with Crippen LogP contribution in [0.3, 0.4) is 0 Å². The molecule has 0 bridgehead atoms. The number of carbonyl (C=O) groups is 6. The summed E-state index contributed by atoms with van der Waals surface area (Å²) in [6.07, 6.45) is 27.4. The largest absolute Gasteiger partial charge is 0.331 e. The summed E-state index contributed by atoms with van der Waals surface area (Å²) in [5, 5.41) is 44.9. The number of aromatic amines is 4. The van der Waals surface area contributed by atoms with E-state index in [0.29, 0.717) is 66.7 Å². The second-order valence-corrected chi connectivity index (χ2v) is 46.4. The first kappa shape index (κ1) is 102. The first-order valence-electron chi connectivity index (χ1n) is 46.9. The molecule has 12 aromatic heterocycles. The van der Waals surface area contributed by atoms with Crippen LogP contribution in [0.2, 0.25) is 0 Å². The Kier molecular flexibility index (Phi) is 31.0. The van der Waals surface area contributed by atoms with E-state index in [-0.39, 0.29) is 60.7 Å². The number of hydrogen-bond donors (Lipinski definition) is 10. The van der Waals surface area contributed by atoms with Crippen molar-refractivity contribution in [1.29, 1.82) is 0 Å². The van der Waals surface area contributed by atoms with E-state index in [1.807, 2.05) is 91.5 Å². The van der Waals surface area contributed by atoms with Crippen LogP contribution in [0.5, 0.6) is 0 Å². The Labute approximate surface area is 836 Å². The summed E-state index contributed by atoms with van der Waals surface area (Å²) in [7, 11) is -10.7. The number of H-pyrrole nitrogens is 4. The average Bonchev–Trinajstić information content (AvgIpc) is 1.66. The van der Waals surface area contributed by atoms with Crippen LogP contribution in [-0.2, 0) is 57.2 Å². The molecule has 3 aliphatic rings. The average molecular weight is 2040 g/mol. The number of rotatable bonds is 27. The van der Waals surface area contributed by atoms with Crippen molar-refractivity contribution >= 4 is 153 Å². The Morgan fingerprint density at radius 3 is 0.862 bits per heavy atom. The van der Waals surface area contributed by atoms with Gasteiger partial charge in [-0.15, -0.1) is 0 Å². The normalized spacial score (nSPS) is 13.6. The molecule has 19 rings (SSSR count). The van der Waals surface area contributed by atoms with Crippen molar-refractivity contribution in [1.82, 2.24) is 95.4 Å². The molecule has 14 heterocycles. The predicted octanol–water partition coefficient (Wildman–Crippen LogP) is 15.8. The lowest BCUT2D eigenvalue weighted by Gasteiger charge is -2.26. The van der Waals surface area contributed by atoms with E-state index in [9.17, 15) is 62.4 Å². The van der Waals surface area contributed by atoms with E-state index in [4.69, 9.17) is 0 Å². The quantitative estimate of drug-likeness (QED) is 0.0229. The number of likely N-dealkylation sites (tertiary alicyclic amines) is 2. The van der Waals surface area contributed by atoms with Gasteiger partial charge in [-0.25, -0.2) is 58.4 Å². The summed E-state index contributed by atoms with van der Waals surface area (Å²) >= 11 is 0. The van der Waals surface area contributed by atoms with Gasteiger partial charge in [0.05, 0.1) is 114 Å². The van der Waals surface area contributed by atoms with Crippen molar-refractivity contribution in [3.8, 4) is 44.5 Å². The highest BCUT2D eigenvalue weighted by Gasteiger charge is 2.32. The highest BCUT2D eigenvalue weighted by molar-refractivity contribution is 7.92. The lowest BCUT2D eigenvalue weighted by molar-refractivity contribution is -0.117. The first-order chi connectivity index (χ1) is 69.4. The minimum atomic E-state index is -3.51. The zero-order valence-electron chi connectivity index (χ0n) is 80.9. The Morgan fingerprint density at radius 2 is 0.593 bits per heavy atom. The van der Waals surface area contributed by atoms with Crippen LogP contribution < -0.4 is 31.9 Å². The lowest BCUT2D eigenvalue weighted by atomic mass is 10.0. The monoisotopic (exact) mass is 2030 g/mol. The Morgan fingerprint density at radius 1 is 0.317 bits per heavy atom.